The first-order valence-corrected chi connectivity index (χ1v) is 8.25. The van der Waals surface area contributed by atoms with Gasteiger partial charge in [-0.05, 0) is 33.1 Å². The largest absolute Gasteiger partial charge is 0.408 e. The van der Waals surface area contributed by atoms with Crippen molar-refractivity contribution in [2.75, 3.05) is 0 Å². The molecule has 1 saturated carbocycles. The first-order valence-electron chi connectivity index (χ1n) is 8.25. The Morgan fingerprint density at radius 3 is 2.46 bits per heavy atom. The fraction of sp³-hybridized carbons (Fsp3) is 0.688. The number of rotatable bonds is 5. The van der Waals surface area contributed by atoms with E-state index in [2.05, 4.69) is 15.2 Å². The summed E-state index contributed by atoms with van der Waals surface area (Å²) in [6.07, 6.45) is 0.720. The van der Waals surface area contributed by atoms with E-state index in [1.807, 2.05) is 6.92 Å². The lowest BCUT2D eigenvalue weighted by molar-refractivity contribution is -0.143. The quantitative estimate of drug-likeness (QED) is 0.827. The van der Waals surface area contributed by atoms with Crippen LogP contribution in [0.3, 0.4) is 0 Å². The fourth-order valence-corrected chi connectivity index (χ4v) is 3.33. The molecule has 8 heteroatoms. The molecule has 0 unspecified atom stereocenters. The van der Waals surface area contributed by atoms with Crippen molar-refractivity contribution in [1.29, 1.82) is 0 Å². The van der Waals surface area contributed by atoms with Crippen molar-refractivity contribution in [2.45, 2.75) is 71.0 Å². The maximum Gasteiger partial charge on any atom is 0.408 e. The highest BCUT2D eigenvalue weighted by Crippen LogP contribution is 2.32. The van der Waals surface area contributed by atoms with Crippen molar-refractivity contribution in [2.24, 2.45) is 0 Å². The average molecular weight is 342 g/mol. The lowest BCUT2D eigenvalue weighted by Crippen LogP contribution is -2.21. The number of nitrogens with zero attached hydrogens (tertiary/aromatic N) is 4. The third-order valence-corrected chi connectivity index (χ3v) is 4.59. The fourth-order valence-electron chi connectivity index (χ4n) is 3.33. The normalized spacial score (nSPS) is 16.2. The Bertz CT molecular complexity index is 679. The van der Waals surface area contributed by atoms with E-state index in [0.717, 1.165) is 41.6 Å². The molecule has 1 aliphatic carbocycles. The third kappa shape index (κ3) is 3.79. The summed E-state index contributed by atoms with van der Waals surface area (Å²) < 4.78 is 44.6. The molecule has 0 aliphatic heterocycles. The molecule has 132 valence electrons. The zero-order chi connectivity index (χ0) is 17.3. The van der Waals surface area contributed by atoms with Crippen LogP contribution in [0, 0.1) is 13.8 Å². The zero-order valence-corrected chi connectivity index (χ0v) is 13.9. The average Bonchev–Trinajstić information content (AvgIpc) is 3.18. The van der Waals surface area contributed by atoms with Crippen molar-refractivity contribution in [3.05, 3.63) is 28.7 Å². The van der Waals surface area contributed by atoms with Gasteiger partial charge in [0.05, 0.1) is 5.69 Å². The Kier molecular flexibility index (Phi) is 4.64. The minimum Gasteiger partial charge on any atom is -0.361 e. The van der Waals surface area contributed by atoms with Crippen LogP contribution in [0.15, 0.2) is 4.52 Å². The van der Waals surface area contributed by atoms with Crippen LogP contribution < -0.4 is 0 Å². The van der Waals surface area contributed by atoms with Crippen molar-refractivity contribution in [1.82, 2.24) is 19.9 Å². The lowest BCUT2D eigenvalue weighted by atomic mass is 10.1. The molecule has 0 N–H and O–H groups in total. The molecular weight excluding hydrogens is 321 g/mol. The lowest BCUT2D eigenvalue weighted by Gasteiger charge is -2.09. The summed E-state index contributed by atoms with van der Waals surface area (Å²) in [5.41, 5.74) is 1.70. The van der Waals surface area contributed by atoms with Crippen LogP contribution in [0.25, 0.3) is 0 Å². The van der Waals surface area contributed by atoms with Gasteiger partial charge in [0.25, 0.3) is 0 Å². The van der Waals surface area contributed by atoms with Gasteiger partial charge in [0.15, 0.2) is 5.82 Å². The van der Waals surface area contributed by atoms with Crippen LogP contribution in [-0.4, -0.2) is 26.1 Å². The van der Waals surface area contributed by atoms with Crippen LogP contribution in [0.2, 0.25) is 0 Å². The summed E-state index contributed by atoms with van der Waals surface area (Å²) in [5, 5.41) is 8.05. The predicted molar refractivity (Wildman–Crippen MR) is 80.7 cm³/mol. The number of hydrogen-bond donors (Lipinski definition) is 0. The van der Waals surface area contributed by atoms with Gasteiger partial charge in [-0.25, -0.2) is 9.67 Å². The van der Waals surface area contributed by atoms with E-state index in [0.29, 0.717) is 30.3 Å². The topological polar surface area (TPSA) is 56.7 Å². The van der Waals surface area contributed by atoms with Gasteiger partial charge in [-0.1, -0.05) is 18.0 Å². The Morgan fingerprint density at radius 2 is 1.88 bits per heavy atom. The molecule has 2 aromatic heterocycles. The number of aromatic nitrogens is 4. The van der Waals surface area contributed by atoms with E-state index in [1.165, 1.54) is 0 Å². The molecule has 24 heavy (non-hydrogen) atoms. The smallest absolute Gasteiger partial charge is 0.361 e. The molecule has 0 amide bonds. The second-order valence-electron chi connectivity index (χ2n) is 6.44. The van der Waals surface area contributed by atoms with E-state index >= 15 is 0 Å². The summed E-state index contributed by atoms with van der Waals surface area (Å²) in [7, 11) is 0. The van der Waals surface area contributed by atoms with E-state index in [9.17, 15) is 13.2 Å². The number of hydrogen-bond acceptors (Lipinski definition) is 4. The van der Waals surface area contributed by atoms with Gasteiger partial charge < -0.3 is 4.52 Å². The van der Waals surface area contributed by atoms with Crippen molar-refractivity contribution in [3.8, 4) is 0 Å². The van der Waals surface area contributed by atoms with Crippen LogP contribution >= 0.6 is 0 Å². The Balaban J connectivity index is 1.81. The van der Waals surface area contributed by atoms with Gasteiger partial charge >= 0.3 is 6.18 Å². The summed E-state index contributed by atoms with van der Waals surface area (Å²) >= 11 is 0. The summed E-state index contributed by atoms with van der Waals surface area (Å²) in [5.74, 6) is 1.84. The predicted octanol–water partition coefficient (Wildman–Crippen LogP) is 3.89. The van der Waals surface area contributed by atoms with Gasteiger partial charge in [0.1, 0.15) is 18.1 Å². The molecule has 0 aromatic carbocycles. The Morgan fingerprint density at radius 1 is 1.17 bits per heavy atom. The minimum atomic E-state index is -4.31. The van der Waals surface area contributed by atoms with E-state index < -0.39 is 12.7 Å². The van der Waals surface area contributed by atoms with Gasteiger partial charge in [-0.2, -0.15) is 18.3 Å². The maximum atomic E-state index is 12.8. The van der Waals surface area contributed by atoms with Gasteiger partial charge in [-0.15, -0.1) is 0 Å². The second-order valence-corrected chi connectivity index (χ2v) is 6.44. The number of aryl methyl sites for hydroxylation is 3. The molecule has 0 bridgehead atoms. The van der Waals surface area contributed by atoms with Gasteiger partial charge in [0.2, 0.25) is 0 Å². The Labute approximate surface area is 138 Å². The third-order valence-electron chi connectivity index (χ3n) is 4.59. The molecular formula is C16H21F3N4O. The van der Waals surface area contributed by atoms with Crippen molar-refractivity contribution in [3.63, 3.8) is 0 Å². The van der Waals surface area contributed by atoms with Crippen LogP contribution in [-0.2, 0) is 19.4 Å². The van der Waals surface area contributed by atoms with E-state index in [-0.39, 0.29) is 5.92 Å². The first kappa shape index (κ1) is 17.0. The Hall–Kier alpha value is -1.86. The number of halogens is 3. The molecule has 1 aliphatic rings. The van der Waals surface area contributed by atoms with Crippen molar-refractivity contribution >= 4 is 0 Å². The van der Waals surface area contributed by atoms with E-state index in [1.54, 1.807) is 6.92 Å². The molecule has 1 fully saturated rings. The van der Waals surface area contributed by atoms with Crippen LogP contribution in [0.1, 0.15) is 60.3 Å². The highest BCUT2D eigenvalue weighted by atomic mass is 19.4. The number of alkyl halides is 3. The summed E-state index contributed by atoms with van der Waals surface area (Å²) in [6, 6.07) is 0. The SMILES string of the molecule is Cc1noc(C)c1CCc1nc(C2CCCC2)nn1CC(F)(F)F. The maximum absolute atomic E-state index is 12.8. The molecule has 0 saturated heterocycles. The molecule has 3 rings (SSSR count). The minimum absolute atomic E-state index is 0.192. The van der Waals surface area contributed by atoms with Gasteiger partial charge in [-0.3, -0.25) is 0 Å². The van der Waals surface area contributed by atoms with Crippen molar-refractivity contribution < 1.29 is 17.7 Å². The zero-order valence-electron chi connectivity index (χ0n) is 13.9. The molecule has 5 nitrogen and oxygen atoms in total. The second kappa shape index (κ2) is 6.57. The highest BCUT2D eigenvalue weighted by molar-refractivity contribution is 5.21. The summed E-state index contributed by atoms with van der Waals surface area (Å²) in [4.78, 5) is 4.44. The van der Waals surface area contributed by atoms with E-state index in [4.69, 9.17) is 4.52 Å². The molecule has 0 atom stereocenters. The molecule has 2 aromatic rings. The standard InChI is InChI=1S/C16H21F3N4O/c1-10-13(11(2)24-22-10)7-8-14-20-15(12-5-3-4-6-12)21-23(14)9-16(17,18)19/h12H,3-9H2,1-2H3. The first-order chi connectivity index (χ1) is 11.3. The van der Waals surface area contributed by atoms with Crippen LogP contribution in [0.4, 0.5) is 13.2 Å². The summed E-state index contributed by atoms with van der Waals surface area (Å²) in [6.45, 7) is 2.54. The molecule has 0 radical (unpaired) electrons. The molecule has 2 heterocycles. The van der Waals surface area contributed by atoms with Gasteiger partial charge in [0, 0.05) is 17.9 Å². The monoisotopic (exact) mass is 342 g/mol. The van der Waals surface area contributed by atoms with Crippen LogP contribution in [0.5, 0.6) is 0 Å². The highest BCUT2D eigenvalue weighted by Gasteiger charge is 2.31. The molecule has 0 spiro atoms.